The molecule has 3 heterocycles. The molecule has 1 aromatic rings. The third-order valence-electron chi connectivity index (χ3n) is 6.68. The number of benzene rings is 1. The van der Waals surface area contributed by atoms with Crippen LogP contribution < -0.4 is 0 Å². The maximum absolute atomic E-state index is 13.9. The Balaban J connectivity index is 1.80. The van der Waals surface area contributed by atoms with E-state index >= 15 is 0 Å². The molecule has 7 nitrogen and oxygen atoms in total. The van der Waals surface area contributed by atoms with Gasteiger partial charge >= 0.3 is 0 Å². The Labute approximate surface area is 184 Å². The summed E-state index contributed by atoms with van der Waals surface area (Å²) in [6.07, 6.45) is 0. The molecule has 7 heteroatoms. The molecule has 0 aromatic heterocycles. The van der Waals surface area contributed by atoms with Gasteiger partial charge in [-0.25, -0.2) is 0 Å². The fourth-order valence-corrected chi connectivity index (χ4v) is 5.35. The molecule has 2 fully saturated rings. The van der Waals surface area contributed by atoms with Crippen molar-refractivity contribution >= 4 is 17.7 Å². The van der Waals surface area contributed by atoms with Gasteiger partial charge < -0.3 is 19.4 Å². The minimum absolute atomic E-state index is 0.0248. The van der Waals surface area contributed by atoms with E-state index in [1.165, 1.54) is 0 Å². The van der Waals surface area contributed by atoms with E-state index in [1.807, 2.05) is 68.7 Å². The quantitative estimate of drug-likeness (QED) is 0.725. The third-order valence-corrected chi connectivity index (χ3v) is 6.68. The van der Waals surface area contributed by atoms with Gasteiger partial charge in [-0.3, -0.25) is 14.4 Å². The van der Waals surface area contributed by atoms with E-state index < -0.39 is 16.9 Å². The summed E-state index contributed by atoms with van der Waals surface area (Å²) in [5.74, 6) is -0.479. The predicted octanol–water partition coefficient (Wildman–Crippen LogP) is 2.12. The van der Waals surface area contributed by atoms with E-state index in [1.54, 1.807) is 4.90 Å². The zero-order valence-electron chi connectivity index (χ0n) is 19.2. The maximum atomic E-state index is 13.9. The van der Waals surface area contributed by atoms with Crippen LogP contribution in [-0.2, 0) is 14.3 Å². The lowest BCUT2D eigenvalue weighted by atomic mass is 9.66. The molecule has 0 bridgehead atoms. The first-order valence-corrected chi connectivity index (χ1v) is 11.2. The number of rotatable bonds is 2. The maximum Gasteiger partial charge on any atom is 0.255 e. The van der Waals surface area contributed by atoms with Crippen LogP contribution in [0, 0.1) is 5.41 Å². The summed E-state index contributed by atoms with van der Waals surface area (Å²) < 4.78 is 5.45. The van der Waals surface area contributed by atoms with E-state index in [2.05, 4.69) is 0 Å². The molecular weight excluding hydrogens is 394 g/mol. The lowest BCUT2D eigenvalue weighted by Gasteiger charge is -2.62. The average Bonchev–Trinajstić information content (AvgIpc) is 2.70. The summed E-state index contributed by atoms with van der Waals surface area (Å²) in [5.41, 5.74) is 0.137. The van der Waals surface area contributed by atoms with Crippen LogP contribution in [0.2, 0.25) is 0 Å². The molecule has 1 aromatic carbocycles. The van der Waals surface area contributed by atoms with Crippen LogP contribution in [0.4, 0.5) is 0 Å². The van der Waals surface area contributed by atoms with Gasteiger partial charge in [-0.2, -0.15) is 0 Å². The lowest BCUT2D eigenvalue weighted by molar-refractivity contribution is -0.163. The van der Waals surface area contributed by atoms with Gasteiger partial charge in [-0.15, -0.1) is 0 Å². The van der Waals surface area contributed by atoms with Gasteiger partial charge in [0, 0.05) is 43.2 Å². The van der Waals surface area contributed by atoms with Crippen LogP contribution in [0.25, 0.3) is 0 Å². The van der Waals surface area contributed by atoms with Crippen molar-refractivity contribution in [2.45, 2.75) is 52.1 Å². The van der Waals surface area contributed by atoms with Crippen molar-refractivity contribution < 1.29 is 19.1 Å². The molecule has 0 saturated carbocycles. The van der Waals surface area contributed by atoms with E-state index in [0.29, 0.717) is 45.0 Å². The molecule has 3 aliphatic heterocycles. The van der Waals surface area contributed by atoms with Gasteiger partial charge in [0.05, 0.1) is 24.7 Å². The largest absolute Gasteiger partial charge is 0.378 e. The number of carbonyl (C=O) groups is 3. The molecule has 0 N–H and O–H groups in total. The van der Waals surface area contributed by atoms with Crippen LogP contribution in [0.5, 0.6) is 0 Å². The number of hydrogen-bond donors (Lipinski definition) is 0. The van der Waals surface area contributed by atoms with Gasteiger partial charge in [0.15, 0.2) is 0 Å². The number of amides is 3. The van der Waals surface area contributed by atoms with Gasteiger partial charge in [0.25, 0.3) is 5.91 Å². The molecule has 1 atom stereocenters. The molecular formula is C24H33N3O4. The van der Waals surface area contributed by atoms with Crippen molar-refractivity contribution in [3.8, 4) is 0 Å². The molecule has 1 spiro atoms. The van der Waals surface area contributed by atoms with Crippen LogP contribution >= 0.6 is 0 Å². The summed E-state index contributed by atoms with van der Waals surface area (Å²) in [7, 11) is 0. The zero-order valence-corrected chi connectivity index (χ0v) is 19.2. The Kier molecular flexibility index (Phi) is 5.36. The summed E-state index contributed by atoms with van der Waals surface area (Å²) in [4.78, 5) is 46.0. The first-order valence-electron chi connectivity index (χ1n) is 11.2. The Morgan fingerprint density at radius 2 is 1.68 bits per heavy atom. The number of fused-ring (bicyclic) bond motifs is 1. The number of hydrogen-bond acceptors (Lipinski definition) is 4. The van der Waals surface area contributed by atoms with Crippen LogP contribution in [-0.4, -0.2) is 83.4 Å². The lowest BCUT2D eigenvalue weighted by Crippen LogP contribution is -2.79. The van der Waals surface area contributed by atoms with Crippen molar-refractivity contribution in [2.24, 2.45) is 5.41 Å². The first kappa shape index (κ1) is 21.8. The van der Waals surface area contributed by atoms with E-state index in [0.717, 1.165) is 5.56 Å². The summed E-state index contributed by atoms with van der Waals surface area (Å²) in [5, 5.41) is 0. The second-order valence-electron chi connectivity index (χ2n) is 10.2. The molecule has 4 rings (SSSR count). The van der Waals surface area contributed by atoms with Crippen molar-refractivity contribution in [2.75, 3.05) is 39.4 Å². The number of carbonyl (C=O) groups excluding carboxylic acids is 3. The fourth-order valence-electron chi connectivity index (χ4n) is 5.35. The highest BCUT2D eigenvalue weighted by Crippen LogP contribution is 2.49. The van der Waals surface area contributed by atoms with Gasteiger partial charge in [0.2, 0.25) is 11.8 Å². The van der Waals surface area contributed by atoms with Gasteiger partial charge in [0.1, 0.15) is 0 Å². The Morgan fingerprint density at radius 1 is 1.06 bits per heavy atom. The zero-order chi connectivity index (χ0) is 22.6. The molecule has 31 heavy (non-hydrogen) atoms. The fraction of sp³-hybridized carbons (Fsp3) is 0.625. The Morgan fingerprint density at radius 3 is 2.26 bits per heavy atom. The minimum Gasteiger partial charge on any atom is -0.378 e. The SMILES string of the molecule is CC(C)N1C(=O)c2ccccc2C(C(=O)N2CCOCC2)C12CN(C(=O)C(C)(C)C)C2. The molecule has 168 valence electrons. The van der Waals surface area contributed by atoms with E-state index in [9.17, 15) is 14.4 Å². The molecule has 0 aliphatic carbocycles. The Hall–Kier alpha value is -2.41. The van der Waals surface area contributed by atoms with Crippen LogP contribution in [0.1, 0.15) is 56.5 Å². The first-order chi connectivity index (χ1) is 14.6. The van der Waals surface area contributed by atoms with Crippen LogP contribution in [0.3, 0.4) is 0 Å². The molecule has 0 radical (unpaired) electrons. The van der Waals surface area contributed by atoms with Crippen molar-refractivity contribution in [3.05, 3.63) is 35.4 Å². The van der Waals surface area contributed by atoms with Crippen molar-refractivity contribution in [1.29, 1.82) is 0 Å². The molecule has 1 unspecified atom stereocenters. The normalized spacial score (nSPS) is 23.1. The van der Waals surface area contributed by atoms with Crippen molar-refractivity contribution in [3.63, 3.8) is 0 Å². The average molecular weight is 428 g/mol. The third kappa shape index (κ3) is 3.43. The van der Waals surface area contributed by atoms with Crippen LogP contribution in [0.15, 0.2) is 24.3 Å². The van der Waals surface area contributed by atoms with Gasteiger partial charge in [-0.05, 0) is 25.5 Å². The number of ether oxygens (including phenoxy) is 1. The standard InChI is InChI=1S/C24H33N3O4/c1-16(2)27-20(28)18-9-7-6-8-17(18)19(21(29)25-10-12-31-13-11-25)24(27)14-26(15-24)22(30)23(3,4)5/h6-9,16,19H,10-15H2,1-5H3. The number of nitrogens with zero attached hydrogens (tertiary/aromatic N) is 3. The van der Waals surface area contributed by atoms with Crippen molar-refractivity contribution in [1.82, 2.24) is 14.7 Å². The number of likely N-dealkylation sites (tertiary alicyclic amines) is 1. The highest BCUT2D eigenvalue weighted by Gasteiger charge is 2.63. The highest BCUT2D eigenvalue weighted by molar-refractivity contribution is 6.03. The second-order valence-corrected chi connectivity index (χ2v) is 10.2. The highest BCUT2D eigenvalue weighted by atomic mass is 16.5. The second kappa shape index (κ2) is 7.62. The Bertz CT molecular complexity index is 892. The van der Waals surface area contributed by atoms with E-state index in [4.69, 9.17) is 4.74 Å². The molecule has 3 aliphatic rings. The number of morpholine rings is 1. The van der Waals surface area contributed by atoms with E-state index in [-0.39, 0.29) is 23.8 Å². The molecule has 3 amide bonds. The predicted molar refractivity (Wildman–Crippen MR) is 117 cm³/mol. The summed E-state index contributed by atoms with van der Waals surface area (Å²) in [6.45, 7) is 12.6. The monoisotopic (exact) mass is 427 g/mol. The minimum atomic E-state index is -0.726. The molecule has 2 saturated heterocycles. The van der Waals surface area contributed by atoms with Gasteiger partial charge in [-0.1, -0.05) is 39.0 Å². The summed E-state index contributed by atoms with van der Waals surface area (Å²) in [6, 6.07) is 7.37. The topological polar surface area (TPSA) is 70.2 Å². The smallest absolute Gasteiger partial charge is 0.255 e. The summed E-state index contributed by atoms with van der Waals surface area (Å²) >= 11 is 0.